The van der Waals surface area contributed by atoms with Crippen molar-refractivity contribution in [2.45, 2.75) is 61.9 Å². The number of anilines is 1. The highest BCUT2D eigenvalue weighted by molar-refractivity contribution is 7.89. The van der Waals surface area contributed by atoms with Crippen LogP contribution in [0.2, 0.25) is 0 Å². The molecule has 0 aromatic heterocycles. The third kappa shape index (κ3) is 2.83. The minimum Gasteiger partial charge on any atom is -0.380 e. The Balaban J connectivity index is 1.70. The van der Waals surface area contributed by atoms with E-state index in [1.807, 2.05) is 12.1 Å². The first-order chi connectivity index (χ1) is 9.53. The number of sulfonamides is 1. The van der Waals surface area contributed by atoms with E-state index in [4.69, 9.17) is 0 Å². The molecule has 1 aromatic carbocycles. The van der Waals surface area contributed by atoms with Crippen LogP contribution in [0.1, 0.15) is 45.4 Å². The van der Waals surface area contributed by atoms with Gasteiger partial charge < -0.3 is 5.32 Å². The molecule has 110 valence electrons. The van der Waals surface area contributed by atoms with Gasteiger partial charge >= 0.3 is 0 Å². The summed E-state index contributed by atoms with van der Waals surface area (Å²) in [6.07, 6.45) is 6.70. The van der Waals surface area contributed by atoms with Crippen molar-refractivity contribution in [2.75, 3.05) is 5.32 Å². The van der Waals surface area contributed by atoms with Crippen LogP contribution in [0.4, 0.5) is 5.69 Å². The quantitative estimate of drug-likeness (QED) is 0.848. The largest absolute Gasteiger partial charge is 0.380 e. The zero-order valence-corrected chi connectivity index (χ0v) is 12.7. The molecule has 0 unspecified atom stereocenters. The number of hydrogen-bond acceptors (Lipinski definition) is 3. The Morgan fingerprint density at radius 3 is 2.30 bits per heavy atom. The van der Waals surface area contributed by atoms with Crippen molar-refractivity contribution in [3.8, 4) is 0 Å². The average molecular weight is 294 g/mol. The van der Waals surface area contributed by atoms with Gasteiger partial charge in [-0.2, -0.15) is 0 Å². The van der Waals surface area contributed by atoms with Crippen molar-refractivity contribution in [3.05, 3.63) is 24.3 Å². The van der Waals surface area contributed by atoms with Crippen molar-refractivity contribution < 1.29 is 8.42 Å². The van der Waals surface area contributed by atoms with Gasteiger partial charge in [0.2, 0.25) is 10.0 Å². The first-order valence-corrected chi connectivity index (χ1v) is 8.92. The smallest absolute Gasteiger partial charge is 0.240 e. The molecule has 0 saturated heterocycles. The minimum absolute atomic E-state index is 0.149. The molecule has 0 aliphatic heterocycles. The maximum atomic E-state index is 12.1. The fourth-order valence-corrected chi connectivity index (χ4v) is 3.99. The molecular weight excluding hydrogens is 272 g/mol. The summed E-state index contributed by atoms with van der Waals surface area (Å²) in [6.45, 7) is 2.20. The summed E-state index contributed by atoms with van der Waals surface area (Å²) in [5.74, 6) is 0. The van der Waals surface area contributed by atoms with E-state index in [0.29, 0.717) is 4.90 Å². The molecule has 0 heterocycles. The van der Waals surface area contributed by atoms with Crippen LogP contribution in [0.15, 0.2) is 29.2 Å². The summed E-state index contributed by atoms with van der Waals surface area (Å²) in [4.78, 5) is 0.356. The highest BCUT2D eigenvalue weighted by Gasteiger charge is 2.34. The normalized spacial score (nSPS) is 21.2. The molecule has 0 radical (unpaired) electrons. The Morgan fingerprint density at radius 1 is 1.20 bits per heavy atom. The fourth-order valence-electron chi connectivity index (χ4n) is 2.68. The van der Waals surface area contributed by atoms with Crippen LogP contribution in [-0.2, 0) is 10.0 Å². The number of benzene rings is 1. The molecule has 0 spiro atoms. The highest BCUT2D eigenvalue weighted by atomic mass is 32.2. The molecule has 2 aliphatic carbocycles. The van der Waals surface area contributed by atoms with E-state index in [2.05, 4.69) is 17.0 Å². The molecule has 2 N–H and O–H groups in total. The monoisotopic (exact) mass is 294 g/mol. The standard InChI is InChI=1S/C15H22N2O2S/c1-2-15(10-3-11-15)16-12-6-8-14(9-7-12)20(18,19)17-13-4-5-13/h6-9,13,16-17H,2-5,10-11H2,1H3. The van der Waals surface area contributed by atoms with E-state index in [9.17, 15) is 8.42 Å². The Hall–Kier alpha value is -1.07. The predicted octanol–water partition coefficient (Wildman–Crippen LogP) is 2.87. The van der Waals surface area contributed by atoms with Crippen LogP contribution in [0.25, 0.3) is 0 Å². The molecule has 0 bridgehead atoms. The van der Waals surface area contributed by atoms with Crippen LogP contribution in [0.5, 0.6) is 0 Å². The molecule has 2 aliphatic rings. The Labute approximate surface area is 121 Å². The van der Waals surface area contributed by atoms with E-state index in [1.165, 1.54) is 19.3 Å². The molecule has 20 heavy (non-hydrogen) atoms. The Bertz CT molecular complexity index is 567. The number of hydrogen-bond donors (Lipinski definition) is 2. The highest BCUT2D eigenvalue weighted by Crippen LogP contribution is 2.38. The SMILES string of the molecule is CCC1(Nc2ccc(S(=O)(=O)NC3CC3)cc2)CCC1. The third-order valence-corrected chi connectivity index (χ3v) is 6.00. The third-order valence-electron chi connectivity index (χ3n) is 4.46. The Kier molecular flexibility index (Phi) is 3.50. The minimum atomic E-state index is -3.33. The molecule has 4 nitrogen and oxygen atoms in total. The van der Waals surface area contributed by atoms with Gasteiger partial charge in [-0.25, -0.2) is 13.1 Å². The Morgan fingerprint density at radius 2 is 1.85 bits per heavy atom. The van der Waals surface area contributed by atoms with Crippen LogP contribution < -0.4 is 10.0 Å². The lowest BCUT2D eigenvalue weighted by molar-refractivity contribution is 0.269. The van der Waals surface area contributed by atoms with Gasteiger partial charge in [0.1, 0.15) is 0 Å². The second-order valence-corrected chi connectivity index (χ2v) is 7.75. The molecule has 5 heteroatoms. The first kappa shape index (κ1) is 13.9. The van der Waals surface area contributed by atoms with E-state index in [-0.39, 0.29) is 11.6 Å². The predicted molar refractivity (Wildman–Crippen MR) is 80.3 cm³/mol. The van der Waals surface area contributed by atoms with E-state index < -0.39 is 10.0 Å². The maximum absolute atomic E-state index is 12.1. The summed E-state index contributed by atoms with van der Waals surface area (Å²) in [7, 11) is -3.33. The summed E-state index contributed by atoms with van der Waals surface area (Å²) < 4.78 is 26.8. The van der Waals surface area contributed by atoms with Crippen molar-refractivity contribution >= 4 is 15.7 Å². The summed E-state index contributed by atoms with van der Waals surface area (Å²) in [5.41, 5.74) is 1.24. The van der Waals surface area contributed by atoms with E-state index in [1.54, 1.807) is 12.1 Å². The van der Waals surface area contributed by atoms with Crippen molar-refractivity contribution in [2.24, 2.45) is 0 Å². The van der Waals surface area contributed by atoms with Crippen molar-refractivity contribution in [1.29, 1.82) is 0 Å². The average Bonchev–Trinajstić information content (AvgIpc) is 3.18. The summed E-state index contributed by atoms with van der Waals surface area (Å²) in [5, 5.41) is 3.56. The van der Waals surface area contributed by atoms with E-state index in [0.717, 1.165) is 24.9 Å². The molecule has 2 fully saturated rings. The zero-order valence-electron chi connectivity index (χ0n) is 11.9. The van der Waals surface area contributed by atoms with Gasteiger partial charge in [0.15, 0.2) is 0 Å². The van der Waals surface area contributed by atoms with Gasteiger partial charge in [-0.1, -0.05) is 6.92 Å². The van der Waals surface area contributed by atoms with E-state index >= 15 is 0 Å². The van der Waals surface area contributed by atoms with Crippen molar-refractivity contribution in [1.82, 2.24) is 4.72 Å². The maximum Gasteiger partial charge on any atom is 0.240 e. The molecule has 0 amide bonds. The van der Waals surface area contributed by atoms with Crippen LogP contribution >= 0.6 is 0 Å². The molecule has 1 aromatic rings. The first-order valence-electron chi connectivity index (χ1n) is 7.44. The lowest BCUT2D eigenvalue weighted by Crippen LogP contribution is -2.44. The van der Waals surface area contributed by atoms with Gasteiger partial charge in [-0.05, 0) is 62.8 Å². The second kappa shape index (κ2) is 5.04. The molecule has 2 saturated carbocycles. The number of nitrogens with one attached hydrogen (secondary N) is 2. The van der Waals surface area contributed by atoms with Gasteiger partial charge in [0, 0.05) is 17.3 Å². The fraction of sp³-hybridized carbons (Fsp3) is 0.600. The van der Waals surface area contributed by atoms with Gasteiger partial charge in [0.25, 0.3) is 0 Å². The van der Waals surface area contributed by atoms with Crippen LogP contribution in [-0.4, -0.2) is 20.0 Å². The molecule has 3 rings (SSSR count). The van der Waals surface area contributed by atoms with Crippen LogP contribution in [0.3, 0.4) is 0 Å². The van der Waals surface area contributed by atoms with Crippen LogP contribution in [0, 0.1) is 0 Å². The van der Waals surface area contributed by atoms with Gasteiger partial charge in [-0.15, -0.1) is 0 Å². The molecule has 0 atom stereocenters. The van der Waals surface area contributed by atoms with Gasteiger partial charge in [0.05, 0.1) is 4.90 Å². The lowest BCUT2D eigenvalue weighted by atomic mass is 9.74. The molecular formula is C15H22N2O2S. The van der Waals surface area contributed by atoms with Crippen molar-refractivity contribution in [3.63, 3.8) is 0 Å². The number of rotatable bonds is 6. The second-order valence-electron chi connectivity index (χ2n) is 6.03. The summed E-state index contributed by atoms with van der Waals surface area (Å²) in [6, 6.07) is 7.27. The lowest BCUT2D eigenvalue weighted by Gasteiger charge is -2.43. The summed E-state index contributed by atoms with van der Waals surface area (Å²) >= 11 is 0. The topological polar surface area (TPSA) is 58.2 Å². The zero-order chi connectivity index (χ0) is 14.2. The van der Waals surface area contributed by atoms with Gasteiger partial charge in [-0.3, -0.25) is 0 Å².